The Labute approximate surface area is 75.5 Å². The lowest BCUT2D eigenvalue weighted by molar-refractivity contribution is 0.471. The maximum Gasteiger partial charge on any atom is 0.115 e. The monoisotopic (exact) mass is 166 g/mol. The molecular weight excluding hydrogens is 148 g/mol. The van der Waals surface area contributed by atoms with E-state index in [-0.39, 0.29) is 6.84 Å². The molecule has 0 unspecified atom stereocenters. The Balaban J connectivity index is 0.00000144. The molecule has 0 aromatic heterocycles. The Morgan fingerprint density at radius 3 is 2.17 bits per heavy atom. The highest BCUT2D eigenvalue weighted by Gasteiger charge is 2.16. The van der Waals surface area contributed by atoms with Crippen molar-refractivity contribution in [1.29, 1.82) is 0 Å². The molecule has 0 radical (unpaired) electrons. The summed E-state index contributed by atoms with van der Waals surface area (Å²) in [5, 5.41) is 9.10. The standard InChI is InChI=1S/C11H16O.H2/c1-4-11(2,3)9-5-7-10(12)8-6-9;/h5-8,12H,4H2,1-3H3;1H. The van der Waals surface area contributed by atoms with Gasteiger partial charge in [0.15, 0.2) is 0 Å². The van der Waals surface area contributed by atoms with Gasteiger partial charge < -0.3 is 5.11 Å². The van der Waals surface area contributed by atoms with E-state index in [2.05, 4.69) is 20.8 Å². The van der Waals surface area contributed by atoms with Crippen LogP contribution in [-0.4, -0.2) is 5.11 Å². The Bertz CT molecular complexity index is 251. The quantitative estimate of drug-likeness (QED) is 0.714. The van der Waals surface area contributed by atoms with Crippen LogP contribution in [0.2, 0.25) is 0 Å². The molecule has 12 heavy (non-hydrogen) atoms. The molecule has 68 valence electrons. The molecule has 0 heterocycles. The molecule has 0 atom stereocenters. The maximum atomic E-state index is 9.10. The first-order valence-electron chi connectivity index (χ1n) is 4.36. The summed E-state index contributed by atoms with van der Waals surface area (Å²) >= 11 is 0. The first-order chi connectivity index (χ1) is 5.56. The number of hydrogen-bond donors (Lipinski definition) is 1. The van der Waals surface area contributed by atoms with E-state index in [1.807, 2.05) is 12.1 Å². The lowest BCUT2D eigenvalue weighted by Gasteiger charge is -2.22. The number of rotatable bonds is 2. The van der Waals surface area contributed by atoms with Crippen LogP contribution in [0, 0.1) is 0 Å². The van der Waals surface area contributed by atoms with Crippen molar-refractivity contribution in [3.05, 3.63) is 29.8 Å². The van der Waals surface area contributed by atoms with Gasteiger partial charge in [0.1, 0.15) is 5.75 Å². The molecule has 1 nitrogen and oxygen atoms in total. The van der Waals surface area contributed by atoms with E-state index in [9.17, 15) is 0 Å². The minimum absolute atomic E-state index is 0. The Morgan fingerprint density at radius 1 is 1.25 bits per heavy atom. The van der Waals surface area contributed by atoms with E-state index in [1.165, 1.54) is 5.56 Å². The lowest BCUT2D eigenvalue weighted by Crippen LogP contribution is -2.14. The number of phenolic OH excluding ortho intramolecular Hbond substituents is 1. The van der Waals surface area contributed by atoms with E-state index in [1.54, 1.807) is 12.1 Å². The van der Waals surface area contributed by atoms with Crippen LogP contribution < -0.4 is 0 Å². The van der Waals surface area contributed by atoms with E-state index in [0.717, 1.165) is 6.42 Å². The molecule has 0 fully saturated rings. The smallest absolute Gasteiger partial charge is 0.115 e. The van der Waals surface area contributed by atoms with Crippen molar-refractivity contribution in [2.24, 2.45) is 0 Å². The molecule has 0 aliphatic heterocycles. The van der Waals surface area contributed by atoms with Gasteiger partial charge in [-0.1, -0.05) is 32.9 Å². The summed E-state index contributed by atoms with van der Waals surface area (Å²) in [6.07, 6.45) is 1.11. The van der Waals surface area contributed by atoms with Crippen molar-refractivity contribution in [2.75, 3.05) is 0 Å². The molecule has 0 aliphatic carbocycles. The molecule has 0 amide bonds. The van der Waals surface area contributed by atoms with Gasteiger partial charge in [0, 0.05) is 1.43 Å². The van der Waals surface area contributed by atoms with Crippen LogP contribution in [0.4, 0.5) is 0 Å². The Hall–Kier alpha value is -0.980. The molecule has 1 N–H and O–H groups in total. The largest absolute Gasteiger partial charge is 0.508 e. The zero-order valence-corrected chi connectivity index (χ0v) is 7.96. The summed E-state index contributed by atoms with van der Waals surface area (Å²) in [4.78, 5) is 0. The summed E-state index contributed by atoms with van der Waals surface area (Å²) in [6, 6.07) is 7.46. The second-order valence-electron chi connectivity index (χ2n) is 3.78. The average molecular weight is 166 g/mol. The molecule has 0 bridgehead atoms. The number of aromatic hydroxyl groups is 1. The second-order valence-corrected chi connectivity index (χ2v) is 3.78. The van der Waals surface area contributed by atoms with Crippen molar-refractivity contribution < 1.29 is 6.53 Å². The van der Waals surface area contributed by atoms with Crippen LogP contribution >= 0.6 is 0 Å². The van der Waals surface area contributed by atoms with Crippen molar-refractivity contribution in [3.8, 4) is 5.75 Å². The predicted molar refractivity (Wildman–Crippen MR) is 53.5 cm³/mol. The zero-order chi connectivity index (χ0) is 9.19. The average Bonchev–Trinajstić information content (AvgIpc) is 2.05. The van der Waals surface area contributed by atoms with Gasteiger partial charge in [0.25, 0.3) is 0 Å². The van der Waals surface area contributed by atoms with Crippen LogP contribution in [0.15, 0.2) is 24.3 Å². The van der Waals surface area contributed by atoms with Gasteiger partial charge in [-0.3, -0.25) is 0 Å². The third-order valence-electron chi connectivity index (χ3n) is 2.53. The maximum absolute atomic E-state index is 9.10. The summed E-state index contributed by atoms with van der Waals surface area (Å²) < 4.78 is 0. The summed E-state index contributed by atoms with van der Waals surface area (Å²) in [6.45, 7) is 6.59. The molecule has 1 heteroatoms. The van der Waals surface area contributed by atoms with E-state index >= 15 is 0 Å². The van der Waals surface area contributed by atoms with Crippen molar-refractivity contribution in [1.82, 2.24) is 0 Å². The van der Waals surface area contributed by atoms with E-state index in [4.69, 9.17) is 5.11 Å². The zero-order valence-electron chi connectivity index (χ0n) is 7.96. The van der Waals surface area contributed by atoms with Gasteiger partial charge in [-0.05, 0) is 29.5 Å². The minimum atomic E-state index is 0. The highest BCUT2D eigenvalue weighted by atomic mass is 16.3. The van der Waals surface area contributed by atoms with Crippen molar-refractivity contribution in [3.63, 3.8) is 0 Å². The minimum Gasteiger partial charge on any atom is -0.508 e. The second kappa shape index (κ2) is 3.18. The van der Waals surface area contributed by atoms with Crippen LogP contribution in [-0.2, 0) is 5.41 Å². The van der Waals surface area contributed by atoms with Crippen molar-refractivity contribution >= 4 is 0 Å². The molecule has 1 aromatic carbocycles. The number of benzene rings is 1. The highest BCUT2D eigenvalue weighted by molar-refractivity contribution is 5.30. The van der Waals surface area contributed by atoms with E-state index in [0.29, 0.717) is 5.75 Å². The first-order valence-corrected chi connectivity index (χ1v) is 4.36. The number of phenols is 1. The summed E-state index contributed by atoms with van der Waals surface area (Å²) in [5.41, 5.74) is 1.50. The summed E-state index contributed by atoms with van der Waals surface area (Å²) in [7, 11) is 0. The van der Waals surface area contributed by atoms with Crippen LogP contribution in [0.25, 0.3) is 0 Å². The third-order valence-corrected chi connectivity index (χ3v) is 2.53. The topological polar surface area (TPSA) is 20.2 Å². The Kier molecular flexibility index (Phi) is 2.41. The fourth-order valence-electron chi connectivity index (χ4n) is 1.12. The van der Waals surface area contributed by atoms with E-state index < -0.39 is 0 Å². The number of hydrogen-bond acceptors (Lipinski definition) is 1. The first kappa shape index (κ1) is 9.11. The molecule has 1 rings (SSSR count). The summed E-state index contributed by atoms with van der Waals surface area (Å²) in [5.74, 6) is 0.339. The lowest BCUT2D eigenvalue weighted by atomic mass is 9.82. The molecule has 0 saturated heterocycles. The SMILES string of the molecule is CCC(C)(C)c1ccc(O)cc1.[HH]. The third kappa shape index (κ3) is 1.79. The van der Waals surface area contributed by atoms with Crippen molar-refractivity contribution in [2.45, 2.75) is 32.6 Å². The van der Waals surface area contributed by atoms with Gasteiger partial charge >= 0.3 is 0 Å². The fourth-order valence-corrected chi connectivity index (χ4v) is 1.12. The van der Waals surface area contributed by atoms with Crippen LogP contribution in [0.5, 0.6) is 5.75 Å². The molecule has 1 aromatic rings. The van der Waals surface area contributed by atoms with Gasteiger partial charge in [-0.2, -0.15) is 0 Å². The predicted octanol–water partition coefficient (Wildman–Crippen LogP) is 3.33. The Morgan fingerprint density at radius 2 is 1.75 bits per heavy atom. The highest BCUT2D eigenvalue weighted by Crippen LogP contribution is 2.27. The van der Waals surface area contributed by atoms with Gasteiger partial charge in [0.05, 0.1) is 0 Å². The van der Waals surface area contributed by atoms with Gasteiger partial charge in [-0.25, -0.2) is 0 Å². The van der Waals surface area contributed by atoms with Gasteiger partial charge in [0.2, 0.25) is 0 Å². The van der Waals surface area contributed by atoms with Gasteiger partial charge in [-0.15, -0.1) is 0 Å². The molecular formula is C11H18O. The molecule has 0 saturated carbocycles. The fraction of sp³-hybridized carbons (Fsp3) is 0.455. The van der Waals surface area contributed by atoms with Crippen LogP contribution in [0.1, 0.15) is 34.2 Å². The molecule has 0 aliphatic rings. The molecule has 0 spiro atoms. The van der Waals surface area contributed by atoms with Crippen LogP contribution in [0.3, 0.4) is 0 Å². The normalized spacial score (nSPS) is 11.6.